The van der Waals surface area contributed by atoms with Crippen molar-refractivity contribution in [2.75, 3.05) is 5.73 Å². The highest BCUT2D eigenvalue weighted by atomic mass is 35.5. The number of ether oxygens (including phenoxy) is 2. The van der Waals surface area contributed by atoms with Gasteiger partial charge in [0.2, 0.25) is 0 Å². The summed E-state index contributed by atoms with van der Waals surface area (Å²) in [4.78, 5) is 0. The lowest BCUT2D eigenvalue weighted by molar-refractivity contribution is 0.168. The number of nitrogen functional groups attached to an aromatic ring is 1. The summed E-state index contributed by atoms with van der Waals surface area (Å²) in [5, 5.41) is 0. The molecular formula is C11H16ClNO2. The predicted octanol–water partition coefficient (Wildman–Crippen LogP) is 2.63. The van der Waals surface area contributed by atoms with E-state index in [0.717, 1.165) is 17.9 Å². The second-order valence-electron chi connectivity index (χ2n) is 3.80. The van der Waals surface area contributed by atoms with Crippen LogP contribution in [-0.2, 0) is 0 Å². The Kier molecular flexibility index (Phi) is 3.69. The highest BCUT2D eigenvalue weighted by molar-refractivity contribution is 5.85. The highest BCUT2D eigenvalue weighted by Gasteiger charge is 2.19. The maximum Gasteiger partial charge on any atom is 0.163 e. The van der Waals surface area contributed by atoms with E-state index in [-0.39, 0.29) is 24.6 Å². The van der Waals surface area contributed by atoms with Crippen LogP contribution in [0.1, 0.15) is 20.3 Å². The molecule has 0 saturated carbocycles. The van der Waals surface area contributed by atoms with E-state index in [2.05, 4.69) is 0 Å². The molecule has 2 rings (SSSR count). The Bertz CT molecular complexity index is 343. The molecule has 1 aromatic carbocycles. The summed E-state index contributed by atoms with van der Waals surface area (Å²) < 4.78 is 11.4. The van der Waals surface area contributed by atoms with Gasteiger partial charge in [0.25, 0.3) is 0 Å². The molecule has 2 atom stereocenters. The number of rotatable bonds is 0. The average Bonchev–Trinajstić information content (AvgIpc) is 2.21. The third kappa shape index (κ3) is 2.69. The fraction of sp³-hybridized carbons (Fsp3) is 0.455. The van der Waals surface area contributed by atoms with Gasteiger partial charge in [0.15, 0.2) is 11.5 Å². The Hall–Kier alpha value is -1.09. The van der Waals surface area contributed by atoms with Gasteiger partial charge in [0.1, 0.15) is 0 Å². The monoisotopic (exact) mass is 229 g/mol. The van der Waals surface area contributed by atoms with Crippen molar-refractivity contribution in [2.45, 2.75) is 32.5 Å². The summed E-state index contributed by atoms with van der Waals surface area (Å²) in [6.07, 6.45) is 1.26. The van der Waals surface area contributed by atoms with E-state index >= 15 is 0 Å². The van der Waals surface area contributed by atoms with Crippen LogP contribution in [0.2, 0.25) is 0 Å². The highest BCUT2D eigenvalue weighted by Crippen LogP contribution is 2.34. The summed E-state index contributed by atoms with van der Waals surface area (Å²) in [7, 11) is 0. The second kappa shape index (κ2) is 4.62. The Labute approximate surface area is 96.0 Å². The molecule has 0 bridgehead atoms. The number of benzene rings is 1. The van der Waals surface area contributed by atoms with Crippen LogP contribution < -0.4 is 15.2 Å². The molecule has 0 fully saturated rings. The number of hydrogen-bond donors (Lipinski definition) is 1. The third-order valence-corrected chi connectivity index (χ3v) is 2.29. The van der Waals surface area contributed by atoms with Crippen molar-refractivity contribution in [1.29, 1.82) is 0 Å². The van der Waals surface area contributed by atoms with Crippen molar-refractivity contribution in [2.24, 2.45) is 0 Å². The fourth-order valence-electron chi connectivity index (χ4n) is 1.71. The molecule has 15 heavy (non-hydrogen) atoms. The number of nitrogens with two attached hydrogens (primary N) is 1. The molecular weight excluding hydrogens is 214 g/mol. The zero-order valence-electron chi connectivity index (χ0n) is 8.90. The molecule has 0 saturated heterocycles. The van der Waals surface area contributed by atoms with Crippen LogP contribution in [0.5, 0.6) is 11.5 Å². The summed E-state index contributed by atoms with van der Waals surface area (Å²) in [5.74, 6) is 1.54. The first kappa shape index (κ1) is 12.0. The Balaban J connectivity index is 0.00000112. The molecule has 2 unspecified atom stereocenters. The summed E-state index contributed by atoms with van der Waals surface area (Å²) >= 11 is 0. The average molecular weight is 230 g/mol. The standard InChI is InChI=1S/C11H15NO2.ClH/c1-7-5-8(2)14-11-6-9(12)3-4-10(11)13-7;/h3-4,6-8H,5,12H2,1-2H3;1H. The van der Waals surface area contributed by atoms with Crippen molar-refractivity contribution in [1.82, 2.24) is 0 Å². The fourth-order valence-corrected chi connectivity index (χ4v) is 1.71. The van der Waals surface area contributed by atoms with E-state index in [4.69, 9.17) is 15.2 Å². The molecule has 3 nitrogen and oxygen atoms in total. The molecule has 0 aliphatic carbocycles. The van der Waals surface area contributed by atoms with E-state index in [9.17, 15) is 0 Å². The van der Waals surface area contributed by atoms with Crippen molar-refractivity contribution >= 4 is 18.1 Å². The number of hydrogen-bond acceptors (Lipinski definition) is 3. The smallest absolute Gasteiger partial charge is 0.163 e. The lowest BCUT2D eigenvalue weighted by atomic mass is 10.2. The van der Waals surface area contributed by atoms with Crippen LogP contribution >= 0.6 is 12.4 Å². The van der Waals surface area contributed by atoms with Crippen LogP contribution in [0.25, 0.3) is 0 Å². The van der Waals surface area contributed by atoms with Gasteiger partial charge in [0.05, 0.1) is 12.2 Å². The first-order chi connectivity index (χ1) is 6.65. The topological polar surface area (TPSA) is 44.5 Å². The van der Waals surface area contributed by atoms with E-state index in [1.165, 1.54) is 0 Å². The van der Waals surface area contributed by atoms with Gasteiger partial charge in [-0.15, -0.1) is 12.4 Å². The van der Waals surface area contributed by atoms with E-state index in [1.807, 2.05) is 32.0 Å². The molecule has 2 N–H and O–H groups in total. The number of fused-ring (bicyclic) bond motifs is 1. The van der Waals surface area contributed by atoms with Crippen molar-refractivity contribution < 1.29 is 9.47 Å². The Morgan fingerprint density at radius 2 is 1.73 bits per heavy atom. The lowest BCUT2D eigenvalue weighted by Gasteiger charge is -2.11. The second-order valence-corrected chi connectivity index (χ2v) is 3.80. The van der Waals surface area contributed by atoms with Gasteiger partial charge in [-0.3, -0.25) is 0 Å². The summed E-state index contributed by atoms with van der Waals surface area (Å²) in [6, 6.07) is 5.49. The van der Waals surface area contributed by atoms with Gasteiger partial charge in [-0.25, -0.2) is 0 Å². The van der Waals surface area contributed by atoms with Crippen LogP contribution in [0.3, 0.4) is 0 Å². The maximum atomic E-state index is 5.70. The maximum absolute atomic E-state index is 5.70. The van der Waals surface area contributed by atoms with Crippen LogP contribution in [0, 0.1) is 0 Å². The molecule has 0 aromatic heterocycles. The van der Waals surface area contributed by atoms with E-state index in [0.29, 0.717) is 5.69 Å². The molecule has 1 aliphatic heterocycles. The van der Waals surface area contributed by atoms with E-state index in [1.54, 1.807) is 0 Å². The van der Waals surface area contributed by atoms with Crippen LogP contribution in [-0.4, -0.2) is 12.2 Å². The molecule has 4 heteroatoms. The van der Waals surface area contributed by atoms with E-state index < -0.39 is 0 Å². The van der Waals surface area contributed by atoms with Gasteiger partial charge in [-0.1, -0.05) is 0 Å². The van der Waals surface area contributed by atoms with Crippen molar-refractivity contribution in [3.8, 4) is 11.5 Å². The molecule has 1 aliphatic rings. The van der Waals surface area contributed by atoms with Gasteiger partial charge in [-0.2, -0.15) is 0 Å². The molecule has 1 aromatic rings. The lowest BCUT2D eigenvalue weighted by Crippen LogP contribution is -2.18. The number of halogens is 1. The SMILES string of the molecule is CC1CC(C)Oc2cc(N)ccc2O1.Cl. The quantitative estimate of drug-likeness (QED) is 0.696. The minimum atomic E-state index is 0. The van der Waals surface area contributed by atoms with Gasteiger partial charge in [0, 0.05) is 18.2 Å². The zero-order valence-corrected chi connectivity index (χ0v) is 9.71. The molecule has 0 amide bonds. The van der Waals surface area contributed by atoms with Gasteiger partial charge in [-0.05, 0) is 26.0 Å². The third-order valence-electron chi connectivity index (χ3n) is 2.29. The minimum absolute atomic E-state index is 0. The first-order valence-electron chi connectivity index (χ1n) is 4.88. The van der Waals surface area contributed by atoms with Crippen molar-refractivity contribution in [3.05, 3.63) is 18.2 Å². The zero-order chi connectivity index (χ0) is 10.1. The van der Waals surface area contributed by atoms with Crippen LogP contribution in [0.15, 0.2) is 18.2 Å². The van der Waals surface area contributed by atoms with Crippen molar-refractivity contribution in [3.63, 3.8) is 0 Å². The Morgan fingerprint density at radius 3 is 2.40 bits per heavy atom. The summed E-state index contributed by atoms with van der Waals surface area (Å²) in [6.45, 7) is 4.09. The number of anilines is 1. The molecule has 84 valence electrons. The summed E-state index contributed by atoms with van der Waals surface area (Å²) in [5.41, 5.74) is 6.38. The molecule has 1 heterocycles. The molecule has 0 spiro atoms. The van der Waals surface area contributed by atoms with Gasteiger partial charge >= 0.3 is 0 Å². The van der Waals surface area contributed by atoms with Crippen LogP contribution in [0.4, 0.5) is 5.69 Å². The van der Waals surface area contributed by atoms with Gasteiger partial charge < -0.3 is 15.2 Å². The normalized spacial score (nSPS) is 23.9. The minimum Gasteiger partial charge on any atom is -0.487 e. The Morgan fingerprint density at radius 1 is 1.13 bits per heavy atom. The largest absolute Gasteiger partial charge is 0.487 e. The predicted molar refractivity (Wildman–Crippen MR) is 62.9 cm³/mol. The molecule has 0 radical (unpaired) electrons. The first-order valence-corrected chi connectivity index (χ1v) is 4.88.